The molecule has 2 unspecified atom stereocenters. The van der Waals surface area contributed by atoms with Crippen molar-refractivity contribution in [1.29, 1.82) is 0 Å². The predicted octanol–water partition coefficient (Wildman–Crippen LogP) is 2.84. The molecule has 2 heterocycles. The van der Waals surface area contributed by atoms with Crippen molar-refractivity contribution in [3.05, 3.63) is 28.2 Å². The van der Waals surface area contributed by atoms with Crippen molar-refractivity contribution >= 4 is 22.9 Å². The monoisotopic (exact) mass is 256 g/mol. The van der Waals surface area contributed by atoms with Gasteiger partial charge in [0.2, 0.25) is 0 Å². The van der Waals surface area contributed by atoms with Gasteiger partial charge in [-0.3, -0.25) is 0 Å². The van der Waals surface area contributed by atoms with Crippen LogP contribution in [0.25, 0.3) is 0 Å². The summed E-state index contributed by atoms with van der Waals surface area (Å²) in [5.74, 6) is 0.726. The average molecular weight is 257 g/mol. The summed E-state index contributed by atoms with van der Waals surface area (Å²) in [4.78, 5) is 0. The van der Waals surface area contributed by atoms with Gasteiger partial charge in [0.1, 0.15) is 0 Å². The topological polar surface area (TPSA) is 43.6 Å². The Morgan fingerprint density at radius 3 is 2.94 bits per heavy atom. The summed E-state index contributed by atoms with van der Waals surface area (Å²) in [6.45, 7) is 3.97. The molecule has 0 amide bonds. The van der Waals surface area contributed by atoms with Crippen molar-refractivity contribution < 1.29 is 0 Å². The van der Waals surface area contributed by atoms with Gasteiger partial charge in [-0.1, -0.05) is 0 Å². The summed E-state index contributed by atoms with van der Waals surface area (Å²) >= 11 is 7.72. The number of aromatic nitrogens is 4. The van der Waals surface area contributed by atoms with E-state index in [2.05, 4.69) is 39.3 Å². The van der Waals surface area contributed by atoms with Crippen molar-refractivity contribution in [1.82, 2.24) is 20.2 Å². The number of tetrazole rings is 1. The van der Waals surface area contributed by atoms with Crippen LogP contribution in [-0.2, 0) is 6.42 Å². The normalized spacial score (nSPS) is 14.9. The SMILES string of the molecule is CC(Cl)c1nnnn1C(C)Cc1ccsc1. The summed E-state index contributed by atoms with van der Waals surface area (Å²) in [7, 11) is 0. The minimum absolute atomic E-state index is 0.167. The third-order valence-electron chi connectivity index (χ3n) is 2.40. The van der Waals surface area contributed by atoms with Crippen molar-refractivity contribution in [2.75, 3.05) is 0 Å². The van der Waals surface area contributed by atoms with Gasteiger partial charge in [0, 0.05) is 0 Å². The van der Waals surface area contributed by atoms with Gasteiger partial charge in [0.05, 0.1) is 11.4 Å². The lowest BCUT2D eigenvalue weighted by Gasteiger charge is -2.13. The third kappa shape index (κ3) is 2.41. The van der Waals surface area contributed by atoms with Crippen LogP contribution in [0.15, 0.2) is 16.8 Å². The molecule has 0 aliphatic carbocycles. The van der Waals surface area contributed by atoms with Gasteiger partial charge < -0.3 is 0 Å². The van der Waals surface area contributed by atoms with Crippen LogP contribution < -0.4 is 0 Å². The van der Waals surface area contributed by atoms with Crippen molar-refractivity contribution in [2.24, 2.45) is 0 Å². The predicted molar refractivity (Wildman–Crippen MR) is 64.8 cm³/mol. The zero-order valence-corrected chi connectivity index (χ0v) is 10.7. The molecule has 2 atom stereocenters. The first-order valence-corrected chi connectivity index (χ1v) is 6.49. The number of alkyl halides is 1. The maximum absolute atomic E-state index is 6.01. The van der Waals surface area contributed by atoms with Gasteiger partial charge in [-0.15, -0.1) is 16.7 Å². The second-order valence-corrected chi connectivity index (χ2v) is 5.22. The maximum Gasteiger partial charge on any atom is 0.169 e. The van der Waals surface area contributed by atoms with Crippen LogP contribution in [0.4, 0.5) is 0 Å². The molecule has 0 fully saturated rings. The van der Waals surface area contributed by atoms with Gasteiger partial charge in [0.25, 0.3) is 0 Å². The number of hydrogen-bond acceptors (Lipinski definition) is 4. The molecular weight excluding hydrogens is 244 g/mol. The smallest absolute Gasteiger partial charge is 0.169 e. The minimum atomic E-state index is -0.167. The zero-order valence-electron chi connectivity index (χ0n) is 9.17. The molecule has 0 spiro atoms. The van der Waals surface area contributed by atoms with E-state index >= 15 is 0 Å². The quantitative estimate of drug-likeness (QED) is 0.790. The summed E-state index contributed by atoms with van der Waals surface area (Å²) in [6, 6.07) is 2.34. The highest BCUT2D eigenvalue weighted by Crippen LogP contribution is 2.21. The Labute approximate surface area is 103 Å². The minimum Gasteiger partial charge on any atom is -0.225 e. The van der Waals surface area contributed by atoms with Crippen molar-refractivity contribution in [3.63, 3.8) is 0 Å². The average Bonchev–Trinajstić information content (AvgIpc) is 2.86. The van der Waals surface area contributed by atoms with Crippen LogP contribution in [0.1, 0.15) is 36.7 Å². The highest BCUT2D eigenvalue weighted by molar-refractivity contribution is 7.07. The van der Waals surface area contributed by atoms with E-state index in [1.165, 1.54) is 5.56 Å². The molecule has 2 aromatic rings. The van der Waals surface area contributed by atoms with E-state index < -0.39 is 0 Å². The molecule has 0 bridgehead atoms. The second-order valence-electron chi connectivity index (χ2n) is 3.78. The molecule has 2 aromatic heterocycles. The Morgan fingerprint density at radius 2 is 2.31 bits per heavy atom. The lowest BCUT2D eigenvalue weighted by molar-refractivity contribution is 0.457. The fraction of sp³-hybridized carbons (Fsp3) is 0.500. The Kier molecular flexibility index (Phi) is 3.56. The summed E-state index contributed by atoms with van der Waals surface area (Å²) in [6.07, 6.45) is 0.922. The van der Waals surface area contributed by atoms with E-state index in [-0.39, 0.29) is 11.4 Å². The molecule has 0 N–H and O–H groups in total. The highest BCUT2D eigenvalue weighted by atomic mass is 35.5. The Morgan fingerprint density at radius 1 is 1.50 bits per heavy atom. The van der Waals surface area contributed by atoms with Crippen LogP contribution >= 0.6 is 22.9 Å². The second kappa shape index (κ2) is 4.93. The molecular formula is C10H13ClN4S. The van der Waals surface area contributed by atoms with Crippen LogP contribution in [0.2, 0.25) is 0 Å². The lowest BCUT2D eigenvalue weighted by atomic mass is 10.1. The number of nitrogens with zero attached hydrogens (tertiary/aromatic N) is 4. The lowest BCUT2D eigenvalue weighted by Crippen LogP contribution is -2.13. The fourth-order valence-electron chi connectivity index (χ4n) is 1.61. The molecule has 0 radical (unpaired) electrons. The van der Waals surface area contributed by atoms with E-state index in [1.807, 2.05) is 6.92 Å². The van der Waals surface area contributed by atoms with Crippen LogP contribution in [-0.4, -0.2) is 20.2 Å². The van der Waals surface area contributed by atoms with Gasteiger partial charge in [0.15, 0.2) is 5.82 Å². The van der Waals surface area contributed by atoms with E-state index in [0.717, 1.165) is 12.2 Å². The number of thiophene rings is 1. The molecule has 0 aliphatic heterocycles. The van der Waals surface area contributed by atoms with Crippen LogP contribution in [0, 0.1) is 0 Å². The number of rotatable bonds is 4. The first-order valence-electron chi connectivity index (χ1n) is 5.11. The summed E-state index contributed by atoms with van der Waals surface area (Å²) < 4.78 is 1.80. The van der Waals surface area contributed by atoms with E-state index in [4.69, 9.17) is 11.6 Å². The molecule has 16 heavy (non-hydrogen) atoms. The third-order valence-corrected chi connectivity index (χ3v) is 3.33. The maximum atomic E-state index is 6.01. The Hall–Kier alpha value is -0.940. The molecule has 0 saturated carbocycles. The van der Waals surface area contributed by atoms with Gasteiger partial charge in [-0.2, -0.15) is 11.3 Å². The van der Waals surface area contributed by atoms with Crippen molar-refractivity contribution in [2.45, 2.75) is 31.7 Å². The molecule has 6 heteroatoms. The number of halogens is 1. The van der Waals surface area contributed by atoms with Crippen LogP contribution in [0.3, 0.4) is 0 Å². The highest BCUT2D eigenvalue weighted by Gasteiger charge is 2.16. The van der Waals surface area contributed by atoms with Crippen molar-refractivity contribution in [3.8, 4) is 0 Å². The Bertz CT molecular complexity index is 437. The van der Waals surface area contributed by atoms with E-state index in [9.17, 15) is 0 Å². The largest absolute Gasteiger partial charge is 0.225 e. The molecule has 0 aromatic carbocycles. The molecule has 86 valence electrons. The first kappa shape index (κ1) is 11.5. The summed E-state index contributed by atoms with van der Waals surface area (Å²) in [5, 5.41) is 15.7. The molecule has 4 nitrogen and oxygen atoms in total. The molecule has 0 aliphatic rings. The summed E-state index contributed by atoms with van der Waals surface area (Å²) in [5.41, 5.74) is 1.31. The standard InChI is InChI=1S/C10H13ClN4S/c1-7(5-9-3-4-16-6-9)15-10(8(2)11)12-13-14-15/h3-4,6-8H,5H2,1-2H3. The zero-order chi connectivity index (χ0) is 11.5. The van der Waals surface area contributed by atoms with Crippen LogP contribution in [0.5, 0.6) is 0 Å². The molecule has 0 saturated heterocycles. The first-order chi connectivity index (χ1) is 7.68. The molecule has 2 rings (SSSR count). The van der Waals surface area contributed by atoms with E-state index in [1.54, 1.807) is 16.0 Å². The van der Waals surface area contributed by atoms with Gasteiger partial charge in [-0.25, -0.2) is 4.68 Å². The van der Waals surface area contributed by atoms with Gasteiger partial charge >= 0.3 is 0 Å². The van der Waals surface area contributed by atoms with Gasteiger partial charge in [-0.05, 0) is 53.1 Å². The fourth-order valence-corrected chi connectivity index (χ4v) is 2.44. The number of hydrogen-bond donors (Lipinski definition) is 0. The van der Waals surface area contributed by atoms with E-state index in [0.29, 0.717) is 0 Å². The Balaban J connectivity index is 2.14.